The number of aliphatic imine (C=N–C) groups is 1. The summed E-state index contributed by atoms with van der Waals surface area (Å²) in [6, 6.07) is 0. The topological polar surface area (TPSA) is 66.6 Å². The Morgan fingerprint density at radius 1 is 1.38 bits per heavy atom. The third kappa shape index (κ3) is 5.73. The lowest BCUT2D eigenvalue weighted by molar-refractivity contribution is 0.392. The van der Waals surface area contributed by atoms with E-state index in [9.17, 15) is 0 Å². The summed E-state index contributed by atoms with van der Waals surface area (Å²) in [5.74, 6) is 1.80. The Hall–Kier alpha value is -1.16. The molecule has 24 heavy (non-hydrogen) atoms. The van der Waals surface area contributed by atoms with E-state index in [1.54, 1.807) is 18.4 Å². The van der Waals surface area contributed by atoms with Crippen molar-refractivity contribution >= 4 is 41.3 Å². The van der Waals surface area contributed by atoms with Gasteiger partial charge in [0.05, 0.1) is 22.9 Å². The van der Waals surface area contributed by atoms with E-state index in [1.807, 2.05) is 27.8 Å². The molecule has 0 fully saturated rings. The van der Waals surface area contributed by atoms with Crippen LogP contribution in [0.5, 0.6) is 0 Å². The van der Waals surface area contributed by atoms with Crippen molar-refractivity contribution < 1.29 is 4.52 Å². The van der Waals surface area contributed by atoms with Gasteiger partial charge in [-0.2, -0.15) is 0 Å². The summed E-state index contributed by atoms with van der Waals surface area (Å²) >= 11 is 1.68. The van der Waals surface area contributed by atoms with Crippen LogP contribution in [-0.2, 0) is 13.0 Å². The second-order valence-corrected chi connectivity index (χ2v) is 6.66. The van der Waals surface area contributed by atoms with Gasteiger partial charge in [-0.1, -0.05) is 5.16 Å². The van der Waals surface area contributed by atoms with Crippen molar-refractivity contribution in [2.45, 2.75) is 40.2 Å². The molecule has 0 radical (unpaired) electrons. The minimum atomic E-state index is 0. The molecule has 0 atom stereocenters. The van der Waals surface area contributed by atoms with Crippen LogP contribution in [0.4, 0.5) is 0 Å². The van der Waals surface area contributed by atoms with Gasteiger partial charge >= 0.3 is 0 Å². The maximum Gasteiger partial charge on any atom is 0.193 e. The Bertz CT molecular complexity index is 648. The molecule has 2 aromatic rings. The van der Waals surface area contributed by atoms with Crippen molar-refractivity contribution in [1.82, 2.24) is 20.4 Å². The van der Waals surface area contributed by atoms with Crippen LogP contribution in [-0.4, -0.2) is 41.6 Å². The molecule has 2 rings (SSSR count). The van der Waals surface area contributed by atoms with Crippen molar-refractivity contribution in [2.24, 2.45) is 4.99 Å². The fourth-order valence-corrected chi connectivity index (χ4v) is 3.11. The summed E-state index contributed by atoms with van der Waals surface area (Å²) in [4.78, 5) is 10.9. The number of nitrogens with one attached hydrogen (secondary N) is 1. The van der Waals surface area contributed by atoms with Crippen molar-refractivity contribution in [1.29, 1.82) is 0 Å². The number of aryl methyl sites for hydroxylation is 3. The average molecular weight is 463 g/mol. The number of halogens is 1. The normalized spacial score (nSPS) is 11.3. The molecule has 6 nitrogen and oxygen atoms in total. The quantitative estimate of drug-likeness (QED) is 0.308. The summed E-state index contributed by atoms with van der Waals surface area (Å²) in [6.07, 6.45) is 1.96. The van der Waals surface area contributed by atoms with E-state index in [0.29, 0.717) is 0 Å². The highest BCUT2D eigenvalue weighted by Gasteiger charge is 2.10. The first kappa shape index (κ1) is 20.9. The minimum absolute atomic E-state index is 0. The van der Waals surface area contributed by atoms with Crippen LogP contribution in [0.2, 0.25) is 0 Å². The zero-order chi connectivity index (χ0) is 16.8. The predicted octanol–water partition coefficient (Wildman–Crippen LogP) is 3.31. The van der Waals surface area contributed by atoms with Gasteiger partial charge in [0.2, 0.25) is 0 Å². The molecule has 0 spiro atoms. The minimum Gasteiger partial charge on any atom is -0.361 e. The maximum atomic E-state index is 5.19. The summed E-state index contributed by atoms with van der Waals surface area (Å²) in [5, 5.41) is 10.6. The van der Waals surface area contributed by atoms with Crippen molar-refractivity contribution in [3.63, 3.8) is 0 Å². The van der Waals surface area contributed by atoms with Crippen molar-refractivity contribution in [3.05, 3.63) is 33.1 Å². The molecule has 0 aliphatic rings. The Balaban J connectivity index is 0.00000288. The molecular weight excluding hydrogens is 437 g/mol. The van der Waals surface area contributed by atoms with E-state index in [-0.39, 0.29) is 24.0 Å². The molecule has 0 amide bonds. The first-order valence-electron chi connectivity index (χ1n) is 7.75. The van der Waals surface area contributed by atoms with Gasteiger partial charge in [0, 0.05) is 31.6 Å². The average Bonchev–Trinajstić information content (AvgIpc) is 3.06. The lowest BCUT2D eigenvalue weighted by atomic mass is 10.1. The van der Waals surface area contributed by atoms with E-state index in [2.05, 4.69) is 30.7 Å². The fourth-order valence-electron chi connectivity index (χ4n) is 2.51. The number of hydrogen-bond donors (Lipinski definition) is 1. The van der Waals surface area contributed by atoms with Crippen LogP contribution in [0.3, 0.4) is 0 Å². The predicted molar refractivity (Wildman–Crippen MR) is 109 cm³/mol. The molecule has 0 bridgehead atoms. The molecule has 0 saturated carbocycles. The van der Waals surface area contributed by atoms with E-state index < -0.39 is 0 Å². The molecule has 0 aromatic carbocycles. The second-order valence-electron chi connectivity index (χ2n) is 5.59. The largest absolute Gasteiger partial charge is 0.361 e. The number of rotatable bonds is 6. The van der Waals surface area contributed by atoms with Gasteiger partial charge in [-0.15, -0.1) is 35.3 Å². The molecular formula is C16H26IN5OS. The van der Waals surface area contributed by atoms with Crippen molar-refractivity contribution in [2.75, 3.05) is 20.6 Å². The molecule has 0 saturated heterocycles. The molecule has 8 heteroatoms. The smallest absolute Gasteiger partial charge is 0.193 e. The Labute approximate surface area is 164 Å². The molecule has 2 heterocycles. The zero-order valence-electron chi connectivity index (χ0n) is 14.9. The first-order valence-corrected chi connectivity index (χ1v) is 8.63. The van der Waals surface area contributed by atoms with Crippen molar-refractivity contribution in [3.8, 4) is 0 Å². The molecule has 2 aromatic heterocycles. The first-order chi connectivity index (χ1) is 11.0. The van der Waals surface area contributed by atoms with Gasteiger partial charge in [0.15, 0.2) is 5.96 Å². The molecule has 0 unspecified atom stereocenters. The third-order valence-electron chi connectivity index (χ3n) is 3.71. The number of thiazole rings is 1. The van der Waals surface area contributed by atoms with E-state index >= 15 is 0 Å². The number of guanidine groups is 1. The second kappa shape index (κ2) is 9.97. The lowest BCUT2D eigenvalue weighted by Gasteiger charge is -2.21. The number of aromatic nitrogens is 2. The van der Waals surface area contributed by atoms with Gasteiger partial charge < -0.3 is 14.7 Å². The van der Waals surface area contributed by atoms with Gasteiger partial charge in [0.25, 0.3) is 0 Å². The Kier molecular flexibility index (Phi) is 8.68. The highest BCUT2D eigenvalue weighted by atomic mass is 127. The molecule has 134 valence electrons. The summed E-state index contributed by atoms with van der Waals surface area (Å²) < 4.78 is 5.19. The van der Waals surface area contributed by atoms with Gasteiger partial charge in [-0.25, -0.2) is 4.98 Å². The highest BCUT2D eigenvalue weighted by Crippen LogP contribution is 2.14. The third-order valence-corrected chi connectivity index (χ3v) is 4.53. The van der Waals surface area contributed by atoms with Gasteiger partial charge in [-0.05, 0) is 33.6 Å². The standard InChI is InChI=1S/C16H25N5OS.HI/c1-11-15(12(2)22-20-11)7-6-8-18-16(17-4)21(5)9-14-10-23-13(3)19-14;/h10H,6-9H2,1-5H3,(H,17,18);1H. The Morgan fingerprint density at radius 2 is 2.12 bits per heavy atom. The van der Waals surface area contributed by atoms with Crippen LogP contribution in [0.25, 0.3) is 0 Å². The monoisotopic (exact) mass is 463 g/mol. The van der Waals surface area contributed by atoms with Crippen LogP contribution >= 0.6 is 35.3 Å². The zero-order valence-corrected chi connectivity index (χ0v) is 18.1. The van der Waals surface area contributed by atoms with Crippen LogP contribution < -0.4 is 5.32 Å². The maximum absolute atomic E-state index is 5.19. The van der Waals surface area contributed by atoms with Crippen LogP contribution in [0.15, 0.2) is 14.9 Å². The van der Waals surface area contributed by atoms with Crippen LogP contribution in [0.1, 0.15) is 34.1 Å². The molecule has 0 aliphatic carbocycles. The van der Waals surface area contributed by atoms with E-state index in [0.717, 1.165) is 54.0 Å². The summed E-state index contributed by atoms with van der Waals surface area (Å²) in [7, 11) is 3.83. The number of nitrogens with zero attached hydrogens (tertiary/aromatic N) is 4. The van der Waals surface area contributed by atoms with Gasteiger partial charge in [0.1, 0.15) is 5.76 Å². The van der Waals surface area contributed by atoms with E-state index in [1.165, 1.54) is 5.56 Å². The summed E-state index contributed by atoms with van der Waals surface area (Å²) in [6.45, 7) is 7.59. The van der Waals surface area contributed by atoms with Crippen LogP contribution in [0, 0.1) is 20.8 Å². The lowest BCUT2D eigenvalue weighted by Crippen LogP contribution is -2.39. The molecule has 0 aliphatic heterocycles. The van der Waals surface area contributed by atoms with E-state index in [4.69, 9.17) is 4.52 Å². The highest BCUT2D eigenvalue weighted by molar-refractivity contribution is 14.0. The fraction of sp³-hybridized carbons (Fsp3) is 0.562. The SMILES string of the molecule is CN=C(NCCCc1c(C)noc1C)N(C)Cc1csc(C)n1.I. The summed E-state index contributed by atoms with van der Waals surface area (Å²) in [5.41, 5.74) is 3.28. The van der Waals surface area contributed by atoms with Gasteiger partial charge in [-0.3, -0.25) is 4.99 Å². The molecule has 1 N–H and O–H groups in total. The number of hydrogen-bond acceptors (Lipinski definition) is 5. The Morgan fingerprint density at radius 3 is 2.67 bits per heavy atom.